The van der Waals surface area contributed by atoms with Crippen LogP contribution in [0, 0.1) is 69.8 Å². The third kappa shape index (κ3) is 22.4. The first-order chi connectivity index (χ1) is 61.0. The Morgan fingerprint density at radius 1 is 0.523 bits per heavy atom. The van der Waals surface area contributed by atoms with Crippen molar-refractivity contribution in [3.8, 4) is 57.3 Å². The van der Waals surface area contributed by atoms with Crippen LogP contribution in [0.3, 0.4) is 0 Å². The van der Waals surface area contributed by atoms with Gasteiger partial charge in [0.25, 0.3) is 0 Å². The summed E-state index contributed by atoms with van der Waals surface area (Å²) in [6.45, 7) is 29.1. The molecule has 30 heteroatoms. The van der Waals surface area contributed by atoms with Gasteiger partial charge in [-0.2, -0.15) is 0 Å². The third-order valence-corrected chi connectivity index (χ3v) is 31.3. The molecular formula is C100H128F2N6O20S2. The number of nitrogens with one attached hydrogen (secondary N) is 2. The fraction of sp³-hybridized carbons (Fsp3) is 0.580. The maximum absolute atomic E-state index is 15.4. The van der Waals surface area contributed by atoms with Crippen molar-refractivity contribution in [1.29, 1.82) is 0 Å². The van der Waals surface area contributed by atoms with E-state index in [0.29, 0.717) is 107 Å². The van der Waals surface area contributed by atoms with E-state index in [2.05, 4.69) is 23.3 Å². The van der Waals surface area contributed by atoms with Crippen LogP contribution in [0.25, 0.3) is 44.1 Å². The van der Waals surface area contributed by atoms with Gasteiger partial charge in [0.05, 0.1) is 108 Å². The Bertz CT molecular complexity index is 5300. The monoisotopic (exact) mass is 1830 g/mol. The minimum absolute atomic E-state index is 0.0303. The molecule has 4 saturated carbocycles. The molecule has 2 saturated heterocycles. The molecule has 4 aromatic carbocycles. The van der Waals surface area contributed by atoms with E-state index in [1.165, 1.54) is 21.9 Å². The van der Waals surface area contributed by atoms with Crippen LogP contribution in [0.5, 0.6) is 34.8 Å². The normalized spacial score (nSPS) is 27.5. The number of fused-ring (bicyclic) bond motifs is 6. The highest BCUT2D eigenvalue weighted by atomic mass is 32.2. The maximum atomic E-state index is 15.4. The number of sulfonamides is 2. The van der Waals surface area contributed by atoms with Crippen molar-refractivity contribution >= 4 is 88.7 Å². The maximum Gasteiger partial charge on any atom is 0.307 e. The minimum atomic E-state index is -4.01. The lowest BCUT2D eigenvalue weighted by Gasteiger charge is -2.32. The fourth-order valence-electron chi connectivity index (χ4n) is 18.8. The molecule has 0 radical (unpaired) electrons. The van der Waals surface area contributed by atoms with Crippen molar-refractivity contribution in [3.63, 3.8) is 0 Å². The number of pyridine rings is 2. The number of aromatic nitrogens is 2. The van der Waals surface area contributed by atoms with Gasteiger partial charge in [-0.15, -0.1) is 0 Å². The van der Waals surface area contributed by atoms with Crippen LogP contribution in [0.15, 0.2) is 109 Å². The molecule has 26 nitrogen and oxygen atoms in total. The van der Waals surface area contributed by atoms with E-state index in [0.717, 1.165) is 12.8 Å². The quantitative estimate of drug-likeness (QED) is 0.0471. The highest BCUT2D eigenvalue weighted by Crippen LogP contribution is 2.60. The highest BCUT2D eigenvalue weighted by molar-refractivity contribution is 7.92. The first kappa shape index (κ1) is 97.4. The molecule has 130 heavy (non-hydrogen) atoms. The second kappa shape index (κ2) is 38.2. The molecule has 2 aromatic heterocycles. The second-order valence-electron chi connectivity index (χ2n) is 40.8. The molecule has 6 fully saturated rings. The van der Waals surface area contributed by atoms with Crippen LogP contribution in [-0.2, 0) is 67.9 Å². The molecule has 8 aliphatic rings. The molecule has 4 aliphatic heterocycles. The fourth-order valence-corrected chi connectivity index (χ4v) is 21.4. The average molecular weight is 1840 g/mol. The van der Waals surface area contributed by atoms with Gasteiger partial charge in [0.15, 0.2) is 34.7 Å². The SMILES string of the molecule is COc1ccc2c(O[C@@H]3C[C@H]4C(=O)C[C@]5(C(=O)NS(=O)(=O)C6(C)CC6)C[C@H]5/C=C\CC[C@@H](C)C[C@@H](C)[C@H](CC(=O)OC(C)(C)C)C(=O)N4C3)nc(-c3ccc(OC(C)C)c(F)c3)cc2c1.COc1ccc2c(O[C@@H]3C[C@H]4C(=O)C[C@]5(C(=O)NS(=O)(=O)C6(C)CC6)C[C@H]5/C=C\CC[C@H](C)C[C@@H](C)[C@H](CC(=O)OC(C)(C)C)C(=O)N4C3)nc(-c3ccc(OC(C)C)c(F)c3)cc2c1. The number of carbonyl (C=O) groups excluding carboxylic acids is 8. The Hall–Kier alpha value is -10.1. The number of rotatable bonds is 22. The van der Waals surface area contributed by atoms with Crippen LogP contribution < -0.4 is 37.9 Å². The van der Waals surface area contributed by atoms with Crippen LogP contribution >= 0.6 is 0 Å². The second-order valence-corrected chi connectivity index (χ2v) is 45.2. The first-order valence-electron chi connectivity index (χ1n) is 45.8. The van der Waals surface area contributed by atoms with Crippen LogP contribution in [0.2, 0.25) is 0 Å². The van der Waals surface area contributed by atoms with Gasteiger partial charge in [0.2, 0.25) is 55.4 Å². The summed E-state index contributed by atoms with van der Waals surface area (Å²) in [7, 11) is -4.91. The molecule has 2 N–H and O–H groups in total. The summed E-state index contributed by atoms with van der Waals surface area (Å²) in [5.41, 5.74) is -2.54. The zero-order valence-corrected chi connectivity index (χ0v) is 79.8. The van der Waals surface area contributed by atoms with Gasteiger partial charge in [-0.25, -0.2) is 35.6 Å². The largest absolute Gasteiger partial charge is 0.497 e. The molecule has 14 rings (SSSR count). The molecule has 0 bridgehead atoms. The third-order valence-electron chi connectivity index (χ3n) is 26.9. The number of nitrogens with zero attached hydrogens (tertiary/aromatic N) is 4. The molecule has 6 heterocycles. The van der Waals surface area contributed by atoms with Crippen molar-refractivity contribution in [1.82, 2.24) is 29.2 Å². The lowest BCUT2D eigenvalue weighted by molar-refractivity contribution is -0.160. The number of ketones is 2. The number of hydrogen-bond donors (Lipinski definition) is 2. The summed E-state index contributed by atoms with van der Waals surface area (Å²) in [6, 6.07) is 21.4. The number of halogens is 2. The van der Waals surface area contributed by atoms with Gasteiger partial charge in [-0.1, -0.05) is 52.0 Å². The summed E-state index contributed by atoms with van der Waals surface area (Å²) in [5.74, 6) is -6.19. The standard InChI is InChI=1S/2C50H64FN3O10S/c2*1-29(2)62-43-17-14-32(22-39(43)51)40-23-33-21-35(61-9)15-16-37(33)45(52-40)63-36-24-41-42(55)27-50(47(58)53-65(59,60)49(8)18-19-49)26-34(50)13-11-10-12-30(3)20-31(4)38(46(57)54(41)28-36)25-44(56)64-48(5,6)7/h2*11,13-17,21-23,29-31,34,36,38,41H,10,12,18-20,24-28H2,1-9H3,(H,53,58)/b2*13-11-/t30-,31+,34+,36+,38-,41-,50+;30-,31-,34-,36-,38+,41+,50-/m01/s1. The number of hydrogen-bond acceptors (Lipinski definition) is 22. The molecule has 14 atom stereocenters. The molecule has 4 amide bonds. The molecule has 4 aliphatic carbocycles. The van der Waals surface area contributed by atoms with Crippen LogP contribution in [0.1, 0.15) is 226 Å². The smallest absolute Gasteiger partial charge is 0.307 e. The Balaban J connectivity index is 0.000000222. The summed E-state index contributed by atoms with van der Waals surface area (Å²) < 4.78 is 134. The number of amides is 4. The van der Waals surface area contributed by atoms with E-state index < -0.39 is 146 Å². The number of carbonyl (C=O) groups is 8. The van der Waals surface area contributed by atoms with Gasteiger partial charge < -0.3 is 47.7 Å². The van der Waals surface area contributed by atoms with E-state index >= 15 is 18.4 Å². The number of benzene rings is 4. The summed E-state index contributed by atoms with van der Waals surface area (Å²) in [5, 5.41) is 2.58. The summed E-state index contributed by atoms with van der Waals surface area (Å²) in [6.07, 6.45) is 11.3. The minimum Gasteiger partial charge on any atom is -0.497 e. The van der Waals surface area contributed by atoms with Crippen LogP contribution in [0.4, 0.5) is 8.78 Å². The van der Waals surface area contributed by atoms with Gasteiger partial charge in [-0.3, -0.25) is 47.8 Å². The van der Waals surface area contributed by atoms with Crippen molar-refractivity contribution < 1.29 is 102 Å². The van der Waals surface area contributed by atoms with Gasteiger partial charge in [0.1, 0.15) is 34.9 Å². The van der Waals surface area contributed by atoms with E-state index in [1.807, 2.05) is 78.0 Å². The van der Waals surface area contributed by atoms with E-state index in [4.69, 9.17) is 47.9 Å². The summed E-state index contributed by atoms with van der Waals surface area (Å²) in [4.78, 5) is 128. The van der Waals surface area contributed by atoms with Gasteiger partial charge in [0, 0.05) is 47.6 Å². The zero-order valence-electron chi connectivity index (χ0n) is 78.1. The van der Waals surface area contributed by atoms with E-state index in [-0.39, 0.29) is 135 Å². The van der Waals surface area contributed by atoms with E-state index in [1.54, 1.807) is 130 Å². The number of methoxy groups -OCH3 is 2. The van der Waals surface area contributed by atoms with E-state index in [9.17, 15) is 45.6 Å². The number of ether oxygens (including phenoxy) is 8. The predicted molar refractivity (Wildman–Crippen MR) is 488 cm³/mol. The molecular weight excluding hydrogens is 1710 g/mol. The zero-order chi connectivity index (χ0) is 94.4. The number of esters is 2. The predicted octanol–water partition coefficient (Wildman–Crippen LogP) is 17.0. The Morgan fingerprint density at radius 2 is 0.892 bits per heavy atom. The number of Topliss-reactive ketones (excluding diaryl/α,β-unsaturated/α-hetero) is 2. The molecule has 704 valence electrons. The van der Waals surface area contributed by atoms with Gasteiger partial charge >= 0.3 is 11.9 Å². The van der Waals surface area contributed by atoms with Crippen molar-refractivity contribution in [2.24, 2.45) is 58.2 Å². The Labute approximate surface area is 762 Å². The lowest BCUT2D eigenvalue weighted by Crippen LogP contribution is -2.48. The number of allylic oxidation sites excluding steroid dienone is 4. The highest BCUT2D eigenvalue weighted by Gasteiger charge is 2.65. The Kier molecular flexibility index (Phi) is 28.7. The summed E-state index contributed by atoms with van der Waals surface area (Å²) >= 11 is 0. The first-order valence-corrected chi connectivity index (χ1v) is 48.8. The lowest BCUT2D eigenvalue weighted by atomic mass is 9.82. The van der Waals surface area contributed by atoms with Crippen molar-refractivity contribution in [2.45, 2.75) is 284 Å². The molecule has 6 aromatic rings. The average Bonchev–Trinajstić information content (AvgIpc) is 1.54. The molecule has 0 unspecified atom stereocenters. The van der Waals surface area contributed by atoms with Crippen LogP contribution in [-0.4, -0.2) is 168 Å². The van der Waals surface area contributed by atoms with Crippen molar-refractivity contribution in [3.05, 3.63) is 121 Å². The topological polar surface area (TPSA) is 335 Å². The Morgan fingerprint density at radius 3 is 1.22 bits per heavy atom. The van der Waals surface area contributed by atoms with Gasteiger partial charge in [-0.05, 0) is 291 Å². The van der Waals surface area contributed by atoms with Crippen molar-refractivity contribution in [2.75, 3.05) is 27.3 Å². The molecule has 0 spiro atoms.